The van der Waals surface area contributed by atoms with Gasteiger partial charge in [0.1, 0.15) is 5.82 Å². The predicted molar refractivity (Wildman–Crippen MR) is 117 cm³/mol. The Morgan fingerprint density at radius 1 is 1.23 bits per heavy atom. The summed E-state index contributed by atoms with van der Waals surface area (Å²) in [5.41, 5.74) is 4.88. The number of sulfonamides is 1. The van der Waals surface area contributed by atoms with E-state index in [4.69, 9.17) is 5.73 Å². The molecule has 2 rings (SSSR count). The van der Waals surface area contributed by atoms with Crippen LogP contribution in [0.3, 0.4) is 0 Å². The van der Waals surface area contributed by atoms with E-state index in [0.717, 1.165) is 19.1 Å². The largest absolute Gasteiger partial charge is 0.383 e. The van der Waals surface area contributed by atoms with Crippen LogP contribution in [-0.2, 0) is 21.4 Å². The zero-order valence-corrected chi connectivity index (χ0v) is 18.8. The van der Waals surface area contributed by atoms with Gasteiger partial charge in [0, 0.05) is 26.2 Å². The fraction of sp³-hybridized carbons (Fsp3) is 0.737. The van der Waals surface area contributed by atoms with Crippen molar-refractivity contribution in [2.75, 3.05) is 36.5 Å². The zero-order chi connectivity index (χ0) is 22.5. The van der Waals surface area contributed by atoms with Crippen molar-refractivity contribution < 1.29 is 13.2 Å². The second-order valence-corrected chi connectivity index (χ2v) is 9.78. The van der Waals surface area contributed by atoms with E-state index in [0.29, 0.717) is 38.8 Å². The third-order valence-corrected chi connectivity index (χ3v) is 6.69. The predicted octanol–water partition coefficient (Wildman–Crippen LogP) is 0.724. The summed E-state index contributed by atoms with van der Waals surface area (Å²) in [5.74, 6) is -0.938. The van der Waals surface area contributed by atoms with Crippen molar-refractivity contribution in [2.45, 2.75) is 58.9 Å². The van der Waals surface area contributed by atoms with E-state index in [-0.39, 0.29) is 30.5 Å². The van der Waals surface area contributed by atoms with Crippen molar-refractivity contribution in [1.82, 2.24) is 13.9 Å². The Labute approximate surface area is 177 Å². The molecule has 0 bridgehead atoms. The molecule has 30 heavy (non-hydrogen) atoms. The summed E-state index contributed by atoms with van der Waals surface area (Å²) in [6.45, 7) is 5.00. The molecule has 1 fully saturated rings. The number of nitrogens with one attached hydrogen (secondary N) is 1. The monoisotopic (exact) mass is 443 g/mol. The average molecular weight is 444 g/mol. The van der Waals surface area contributed by atoms with E-state index in [1.807, 2.05) is 13.8 Å². The molecule has 1 aromatic heterocycles. The SMILES string of the molecule is CCCCN(C(=O)C1CCCN(S(C)(=O)=O)C1)c1c(N)n(CCCC)c(=O)[nH]c1=O. The highest BCUT2D eigenvalue weighted by atomic mass is 32.2. The summed E-state index contributed by atoms with van der Waals surface area (Å²) >= 11 is 0. The summed E-state index contributed by atoms with van der Waals surface area (Å²) in [6, 6.07) is 0. The molecule has 3 N–H and O–H groups in total. The molecule has 1 aromatic rings. The summed E-state index contributed by atoms with van der Waals surface area (Å²) in [4.78, 5) is 41.9. The van der Waals surface area contributed by atoms with Gasteiger partial charge in [-0.25, -0.2) is 17.5 Å². The van der Waals surface area contributed by atoms with Gasteiger partial charge in [-0.3, -0.25) is 19.1 Å². The number of H-pyrrole nitrogens is 1. The highest BCUT2D eigenvalue weighted by molar-refractivity contribution is 7.88. The fourth-order valence-corrected chi connectivity index (χ4v) is 4.60. The molecule has 1 saturated heterocycles. The van der Waals surface area contributed by atoms with Crippen molar-refractivity contribution in [3.63, 3.8) is 0 Å². The number of rotatable bonds is 9. The third-order valence-electron chi connectivity index (χ3n) is 5.42. The van der Waals surface area contributed by atoms with Crippen LogP contribution in [0.4, 0.5) is 11.5 Å². The van der Waals surface area contributed by atoms with E-state index >= 15 is 0 Å². The van der Waals surface area contributed by atoms with Crippen LogP contribution in [0.5, 0.6) is 0 Å². The molecule has 1 atom stereocenters. The Kier molecular flexibility index (Phi) is 8.25. The minimum absolute atomic E-state index is 0.0272. The minimum atomic E-state index is -3.41. The number of carbonyl (C=O) groups is 1. The molecule has 0 aromatic carbocycles. The number of nitrogens with zero attached hydrogens (tertiary/aromatic N) is 3. The molecule has 0 saturated carbocycles. The van der Waals surface area contributed by atoms with Crippen LogP contribution in [0, 0.1) is 5.92 Å². The maximum atomic E-state index is 13.4. The molecule has 11 heteroatoms. The van der Waals surface area contributed by atoms with Crippen LogP contribution >= 0.6 is 0 Å². The maximum Gasteiger partial charge on any atom is 0.330 e. The number of piperidine rings is 1. The first-order valence-corrected chi connectivity index (χ1v) is 12.4. The highest BCUT2D eigenvalue weighted by Gasteiger charge is 2.34. The topological polar surface area (TPSA) is 139 Å². The molecule has 10 nitrogen and oxygen atoms in total. The third kappa shape index (κ3) is 5.51. The molecule has 0 radical (unpaired) electrons. The quantitative estimate of drug-likeness (QED) is 0.577. The van der Waals surface area contributed by atoms with E-state index in [9.17, 15) is 22.8 Å². The first-order valence-electron chi connectivity index (χ1n) is 10.5. The van der Waals surface area contributed by atoms with Gasteiger partial charge < -0.3 is 10.6 Å². The van der Waals surface area contributed by atoms with Crippen molar-refractivity contribution in [3.8, 4) is 0 Å². The smallest absolute Gasteiger partial charge is 0.330 e. The number of carbonyl (C=O) groups excluding carboxylic acids is 1. The lowest BCUT2D eigenvalue weighted by Gasteiger charge is -2.34. The Balaban J connectivity index is 2.46. The number of anilines is 2. The van der Waals surface area contributed by atoms with E-state index in [1.165, 1.54) is 13.8 Å². The average Bonchev–Trinajstić information content (AvgIpc) is 2.69. The molecule has 0 aliphatic carbocycles. The molecule has 1 unspecified atom stereocenters. The van der Waals surface area contributed by atoms with Crippen molar-refractivity contribution in [1.29, 1.82) is 0 Å². The van der Waals surface area contributed by atoms with Crippen LogP contribution in [0.25, 0.3) is 0 Å². The number of hydrogen-bond donors (Lipinski definition) is 2. The number of aromatic nitrogens is 2. The van der Waals surface area contributed by atoms with Gasteiger partial charge in [-0.1, -0.05) is 26.7 Å². The highest BCUT2D eigenvalue weighted by Crippen LogP contribution is 2.25. The summed E-state index contributed by atoms with van der Waals surface area (Å²) < 4.78 is 26.5. The van der Waals surface area contributed by atoms with Crippen LogP contribution in [0.15, 0.2) is 9.59 Å². The molecule has 1 aliphatic rings. The first-order chi connectivity index (χ1) is 14.1. The van der Waals surface area contributed by atoms with Crippen LogP contribution in [0.1, 0.15) is 52.4 Å². The Hall–Kier alpha value is -2.14. The first kappa shape index (κ1) is 24.1. The lowest BCUT2D eigenvalue weighted by molar-refractivity contribution is -0.123. The Morgan fingerprint density at radius 3 is 2.50 bits per heavy atom. The minimum Gasteiger partial charge on any atom is -0.383 e. The van der Waals surface area contributed by atoms with Gasteiger partial charge in [-0.15, -0.1) is 0 Å². The van der Waals surface area contributed by atoms with Crippen LogP contribution < -0.4 is 21.9 Å². The molecule has 1 amide bonds. The summed E-state index contributed by atoms with van der Waals surface area (Å²) in [7, 11) is -3.41. The molecular formula is C19H33N5O5S. The number of unbranched alkanes of at least 4 members (excludes halogenated alkanes) is 2. The lowest BCUT2D eigenvalue weighted by Crippen LogP contribution is -2.49. The molecule has 1 aliphatic heterocycles. The van der Waals surface area contributed by atoms with Gasteiger partial charge >= 0.3 is 5.69 Å². The Morgan fingerprint density at radius 2 is 1.90 bits per heavy atom. The molecule has 170 valence electrons. The number of nitrogens with two attached hydrogens (primary N) is 1. The Bertz CT molecular complexity index is 969. The summed E-state index contributed by atoms with van der Waals surface area (Å²) in [5, 5.41) is 0. The molecular weight excluding hydrogens is 410 g/mol. The van der Waals surface area contributed by atoms with Gasteiger partial charge in [-0.2, -0.15) is 0 Å². The zero-order valence-electron chi connectivity index (χ0n) is 18.0. The number of amides is 1. The van der Waals surface area contributed by atoms with Gasteiger partial charge in [0.05, 0.1) is 12.2 Å². The van der Waals surface area contributed by atoms with E-state index in [1.54, 1.807) is 0 Å². The number of nitrogen functional groups attached to an aromatic ring is 1. The second-order valence-electron chi connectivity index (χ2n) is 7.80. The second kappa shape index (κ2) is 10.3. The van der Waals surface area contributed by atoms with Gasteiger partial charge in [-0.05, 0) is 25.7 Å². The lowest BCUT2D eigenvalue weighted by atomic mass is 9.97. The number of aromatic amines is 1. The maximum absolute atomic E-state index is 13.4. The number of hydrogen-bond acceptors (Lipinski definition) is 6. The van der Waals surface area contributed by atoms with E-state index < -0.39 is 27.2 Å². The van der Waals surface area contributed by atoms with Crippen LogP contribution in [0.2, 0.25) is 0 Å². The summed E-state index contributed by atoms with van der Waals surface area (Å²) in [6.07, 6.45) is 5.18. The standard InChI is InChI=1S/C19H33N5O5S/c1-4-6-11-23(18(26)14-9-8-10-22(13-14)30(3,28)29)15-16(20)24(12-7-5-2)19(27)21-17(15)25/h14H,4-13,20H2,1-3H3,(H,21,25,27). The molecule has 0 spiro atoms. The molecule has 2 heterocycles. The van der Waals surface area contributed by atoms with Crippen LogP contribution in [-0.4, -0.2) is 54.1 Å². The van der Waals surface area contributed by atoms with Crippen molar-refractivity contribution in [3.05, 3.63) is 20.8 Å². The van der Waals surface area contributed by atoms with Gasteiger partial charge in [0.25, 0.3) is 5.56 Å². The van der Waals surface area contributed by atoms with E-state index in [2.05, 4.69) is 4.98 Å². The normalized spacial score (nSPS) is 17.8. The van der Waals surface area contributed by atoms with Crippen molar-refractivity contribution >= 4 is 27.4 Å². The van der Waals surface area contributed by atoms with Crippen molar-refractivity contribution in [2.24, 2.45) is 5.92 Å². The van der Waals surface area contributed by atoms with Gasteiger partial charge in [0.2, 0.25) is 15.9 Å². The van der Waals surface area contributed by atoms with Gasteiger partial charge in [0.15, 0.2) is 5.69 Å². The fourth-order valence-electron chi connectivity index (χ4n) is 3.69.